The van der Waals surface area contributed by atoms with Crippen LogP contribution in [-0.2, 0) is 6.54 Å². The highest BCUT2D eigenvalue weighted by molar-refractivity contribution is 5.82. The fraction of sp³-hybridized carbons (Fsp3) is 0.222. The van der Waals surface area contributed by atoms with Crippen LogP contribution in [0, 0.1) is 0 Å². The van der Waals surface area contributed by atoms with Gasteiger partial charge in [0.15, 0.2) is 17.5 Å². The van der Waals surface area contributed by atoms with E-state index in [4.69, 9.17) is 14.9 Å². The summed E-state index contributed by atoms with van der Waals surface area (Å²) in [4.78, 5) is 4.05. The smallest absolute Gasteiger partial charge is 0.182 e. The molecule has 2 aromatic rings. The standard InChI is InChI=1S/C9H10N2O2/c1-12-7-3-2-6(4-10)9-8(7)11-5-13-9/h2-3,5H,4,10H2,1H3. The Hall–Kier alpha value is -1.55. The van der Waals surface area contributed by atoms with Gasteiger partial charge in [-0.1, -0.05) is 6.07 Å². The third-order valence-electron chi connectivity index (χ3n) is 1.97. The van der Waals surface area contributed by atoms with E-state index in [0.717, 1.165) is 11.1 Å². The summed E-state index contributed by atoms with van der Waals surface area (Å²) in [6, 6.07) is 3.72. The van der Waals surface area contributed by atoms with Crippen molar-refractivity contribution in [3.05, 3.63) is 24.1 Å². The number of aromatic nitrogens is 1. The lowest BCUT2D eigenvalue weighted by Gasteiger charge is -2.01. The van der Waals surface area contributed by atoms with E-state index in [-0.39, 0.29) is 0 Å². The lowest BCUT2D eigenvalue weighted by molar-refractivity contribution is 0.419. The molecule has 1 heterocycles. The molecule has 0 saturated heterocycles. The largest absolute Gasteiger partial charge is 0.494 e. The highest BCUT2D eigenvalue weighted by Crippen LogP contribution is 2.26. The predicted octanol–water partition coefficient (Wildman–Crippen LogP) is 1.30. The van der Waals surface area contributed by atoms with E-state index in [0.29, 0.717) is 17.9 Å². The van der Waals surface area contributed by atoms with Crippen LogP contribution in [0.3, 0.4) is 0 Å². The molecular weight excluding hydrogens is 168 g/mol. The zero-order chi connectivity index (χ0) is 9.26. The minimum atomic E-state index is 0.440. The molecule has 68 valence electrons. The summed E-state index contributed by atoms with van der Waals surface area (Å²) in [6.45, 7) is 0.440. The fourth-order valence-corrected chi connectivity index (χ4v) is 1.31. The second-order valence-corrected chi connectivity index (χ2v) is 2.66. The molecule has 2 N–H and O–H groups in total. The number of hydrogen-bond acceptors (Lipinski definition) is 4. The Balaban J connectivity index is 2.74. The molecule has 0 fully saturated rings. The SMILES string of the molecule is COc1ccc(CN)c2ocnc12. The van der Waals surface area contributed by atoms with Crippen LogP contribution in [0.4, 0.5) is 0 Å². The third-order valence-corrected chi connectivity index (χ3v) is 1.97. The Morgan fingerprint density at radius 2 is 2.38 bits per heavy atom. The molecule has 0 spiro atoms. The number of ether oxygens (including phenoxy) is 1. The molecule has 0 aliphatic heterocycles. The lowest BCUT2D eigenvalue weighted by Crippen LogP contribution is -1.97. The van der Waals surface area contributed by atoms with Crippen LogP contribution in [0.25, 0.3) is 11.1 Å². The Morgan fingerprint density at radius 1 is 1.54 bits per heavy atom. The summed E-state index contributed by atoms with van der Waals surface area (Å²) in [5.41, 5.74) is 7.91. The zero-order valence-electron chi connectivity index (χ0n) is 7.28. The molecule has 0 amide bonds. The van der Waals surface area contributed by atoms with Crippen molar-refractivity contribution in [2.24, 2.45) is 5.73 Å². The summed E-state index contributed by atoms with van der Waals surface area (Å²) in [5, 5.41) is 0. The maximum atomic E-state index is 5.54. The Bertz CT molecular complexity index is 384. The number of methoxy groups -OCH3 is 1. The van der Waals surface area contributed by atoms with Crippen molar-refractivity contribution >= 4 is 11.1 Å². The first-order valence-electron chi connectivity index (χ1n) is 3.96. The highest BCUT2D eigenvalue weighted by atomic mass is 16.5. The summed E-state index contributed by atoms with van der Waals surface area (Å²) < 4.78 is 10.3. The molecule has 0 aliphatic carbocycles. The van der Waals surface area contributed by atoms with Crippen molar-refractivity contribution in [3.63, 3.8) is 0 Å². The lowest BCUT2D eigenvalue weighted by atomic mass is 10.2. The maximum absolute atomic E-state index is 5.54. The van der Waals surface area contributed by atoms with Gasteiger partial charge in [0.1, 0.15) is 5.75 Å². The Morgan fingerprint density at radius 3 is 3.08 bits per heavy atom. The van der Waals surface area contributed by atoms with E-state index in [1.165, 1.54) is 6.39 Å². The van der Waals surface area contributed by atoms with E-state index in [9.17, 15) is 0 Å². The number of nitrogens with zero attached hydrogens (tertiary/aromatic N) is 1. The monoisotopic (exact) mass is 178 g/mol. The first-order valence-corrected chi connectivity index (χ1v) is 3.96. The molecule has 0 atom stereocenters. The Labute approximate surface area is 75.3 Å². The fourth-order valence-electron chi connectivity index (χ4n) is 1.31. The van der Waals surface area contributed by atoms with Crippen LogP contribution < -0.4 is 10.5 Å². The minimum Gasteiger partial charge on any atom is -0.494 e. The van der Waals surface area contributed by atoms with Crippen molar-refractivity contribution in [2.75, 3.05) is 7.11 Å². The summed E-state index contributed by atoms with van der Waals surface area (Å²) in [5.74, 6) is 0.709. The van der Waals surface area contributed by atoms with Crippen LogP contribution in [0.2, 0.25) is 0 Å². The molecule has 1 aromatic heterocycles. The van der Waals surface area contributed by atoms with Gasteiger partial charge in [-0.2, -0.15) is 0 Å². The van der Waals surface area contributed by atoms with E-state index in [1.807, 2.05) is 12.1 Å². The van der Waals surface area contributed by atoms with Gasteiger partial charge in [0, 0.05) is 12.1 Å². The number of fused-ring (bicyclic) bond motifs is 1. The topological polar surface area (TPSA) is 61.3 Å². The number of nitrogens with two attached hydrogens (primary N) is 1. The normalized spacial score (nSPS) is 10.6. The maximum Gasteiger partial charge on any atom is 0.182 e. The van der Waals surface area contributed by atoms with Gasteiger partial charge in [-0.05, 0) is 6.07 Å². The van der Waals surface area contributed by atoms with Crippen molar-refractivity contribution in [2.45, 2.75) is 6.54 Å². The molecule has 0 unspecified atom stereocenters. The van der Waals surface area contributed by atoms with Crippen LogP contribution in [0.15, 0.2) is 22.9 Å². The first kappa shape index (κ1) is 8.07. The van der Waals surface area contributed by atoms with Gasteiger partial charge in [-0.15, -0.1) is 0 Å². The molecule has 0 saturated carbocycles. The van der Waals surface area contributed by atoms with Gasteiger partial charge in [-0.25, -0.2) is 4.98 Å². The minimum absolute atomic E-state index is 0.440. The molecule has 1 aromatic carbocycles. The predicted molar refractivity (Wildman–Crippen MR) is 48.5 cm³/mol. The molecular formula is C9H10N2O2. The van der Waals surface area contributed by atoms with E-state index in [2.05, 4.69) is 4.98 Å². The van der Waals surface area contributed by atoms with Crippen molar-refractivity contribution in [1.82, 2.24) is 4.98 Å². The van der Waals surface area contributed by atoms with E-state index < -0.39 is 0 Å². The van der Waals surface area contributed by atoms with E-state index in [1.54, 1.807) is 7.11 Å². The summed E-state index contributed by atoms with van der Waals surface area (Å²) in [6.07, 6.45) is 1.40. The van der Waals surface area contributed by atoms with Crippen molar-refractivity contribution < 1.29 is 9.15 Å². The van der Waals surface area contributed by atoms with Crippen LogP contribution in [0.1, 0.15) is 5.56 Å². The van der Waals surface area contributed by atoms with Gasteiger partial charge in [0.25, 0.3) is 0 Å². The third kappa shape index (κ3) is 1.15. The molecule has 0 bridgehead atoms. The molecule has 0 aliphatic rings. The van der Waals surface area contributed by atoms with Gasteiger partial charge < -0.3 is 14.9 Å². The molecule has 2 rings (SSSR count). The van der Waals surface area contributed by atoms with E-state index >= 15 is 0 Å². The molecule has 0 radical (unpaired) electrons. The molecule has 13 heavy (non-hydrogen) atoms. The number of benzene rings is 1. The van der Waals surface area contributed by atoms with Gasteiger partial charge >= 0.3 is 0 Å². The van der Waals surface area contributed by atoms with Gasteiger partial charge in [0.05, 0.1) is 7.11 Å². The average molecular weight is 178 g/mol. The van der Waals surface area contributed by atoms with Crippen molar-refractivity contribution in [3.8, 4) is 5.75 Å². The quantitative estimate of drug-likeness (QED) is 0.752. The van der Waals surface area contributed by atoms with Gasteiger partial charge in [0.2, 0.25) is 0 Å². The summed E-state index contributed by atoms with van der Waals surface area (Å²) >= 11 is 0. The van der Waals surface area contributed by atoms with Crippen LogP contribution >= 0.6 is 0 Å². The van der Waals surface area contributed by atoms with Crippen LogP contribution in [-0.4, -0.2) is 12.1 Å². The Kier molecular flexibility index (Phi) is 1.90. The molecule has 4 heteroatoms. The second kappa shape index (κ2) is 3.06. The summed E-state index contributed by atoms with van der Waals surface area (Å²) in [7, 11) is 1.60. The van der Waals surface area contributed by atoms with Gasteiger partial charge in [-0.3, -0.25) is 0 Å². The second-order valence-electron chi connectivity index (χ2n) is 2.66. The zero-order valence-corrected chi connectivity index (χ0v) is 7.28. The number of hydrogen-bond donors (Lipinski definition) is 1. The molecule has 4 nitrogen and oxygen atoms in total. The number of rotatable bonds is 2. The first-order chi connectivity index (χ1) is 6.36. The number of oxazole rings is 1. The highest BCUT2D eigenvalue weighted by Gasteiger charge is 2.09. The average Bonchev–Trinajstić information content (AvgIpc) is 2.64. The van der Waals surface area contributed by atoms with Crippen LogP contribution in [0.5, 0.6) is 5.75 Å². The van der Waals surface area contributed by atoms with Crippen molar-refractivity contribution in [1.29, 1.82) is 0 Å².